The minimum Gasteiger partial charge on any atom is -0.377 e. The van der Waals surface area contributed by atoms with Gasteiger partial charge >= 0.3 is 0 Å². The van der Waals surface area contributed by atoms with Crippen molar-refractivity contribution in [3.8, 4) is 0 Å². The molecule has 0 aliphatic rings. The lowest BCUT2D eigenvalue weighted by Gasteiger charge is -2.15. The van der Waals surface area contributed by atoms with Crippen LogP contribution in [-0.2, 0) is 0 Å². The van der Waals surface area contributed by atoms with Gasteiger partial charge in [-0.15, -0.1) is 0 Å². The van der Waals surface area contributed by atoms with Crippen molar-refractivity contribution in [2.75, 3.05) is 5.32 Å². The van der Waals surface area contributed by atoms with Crippen molar-refractivity contribution in [3.05, 3.63) is 58.3 Å². The molecule has 1 atom stereocenters. The predicted molar refractivity (Wildman–Crippen MR) is 75.2 cm³/mol. The predicted octanol–water partition coefficient (Wildman–Crippen LogP) is 4.33. The third-order valence-corrected chi connectivity index (χ3v) is 3.06. The van der Waals surface area contributed by atoms with Crippen LogP contribution in [0.25, 0.3) is 0 Å². The van der Waals surface area contributed by atoms with E-state index in [4.69, 9.17) is 0 Å². The maximum atomic E-state index is 4.44. The molecule has 17 heavy (non-hydrogen) atoms. The highest BCUT2D eigenvalue weighted by Gasteiger charge is 2.06. The summed E-state index contributed by atoms with van der Waals surface area (Å²) in [5.41, 5.74) is 3.41. The van der Waals surface area contributed by atoms with Crippen LogP contribution in [0.5, 0.6) is 0 Å². The summed E-state index contributed by atoms with van der Waals surface area (Å²) >= 11 is 3.39. The van der Waals surface area contributed by atoms with Crippen molar-refractivity contribution >= 4 is 21.6 Å². The van der Waals surface area contributed by atoms with E-state index < -0.39 is 0 Å². The van der Waals surface area contributed by atoms with E-state index in [1.54, 1.807) is 0 Å². The van der Waals surface area contributed by atoms with Crippen LogP contribution in [0.4, 0.5) is 5.69 Å². The molecular formula is C14H15BrN2. The van der Waals surface area contributed by atoms with Crippen LogP contribution in [-0.4, -0.2) is 4.98 Å². The molecule has 0 bridgehead atoms. The monoisotopic (exact) mass is 290 g/mol. The first-order valence-corrected chi connectivity index (χ1v) is 6.40. The summed E-state index contributed by atoms with van der Waals surface area (Å²) in [5, 5.41) is 3.43. The molecule has 0 fully saturated rings. The Bertz CT molecular complexity index is 494. The van der Waals surface area contributed by atoms with Gasteiger partial charge in [0.15, 0.2) is 0 Å². The molecule has 2 rings (SSSR count). The van der Waals surface area contributed by atoms with Crippen LogP contribution in [0.2, 0.25) is 0 Å². The van der Waals surface area contributed by atoms with Crippen LogP contribution < -0.4 is 5.32 Å². The lowest BCUT2D eigenvalue weighted by atomic mass is 10.2. The van der Waals surface area contributed by atoms with E-state index in [1.807, 2.05) is 18.2 Å². The number of benzene rings is 1. The van der Waals surface area contributed by atoms with Gasteiger partial charge < -0.3 is 5.32 Å². The van der Waals surface area contributed by atoms with Gasteiger partial charge in [0.05, 0.1) is 11.7 Å². The molecule has 1 heterocycles. The summed E-state index contributed by atoms with van der Waals surface area (Å²) in [6, 6.07) is 14.5. The second-order valence-corrected chi connectivity index (χ2v) is 4.93. The number of rotatable bonds is 3. The molecule has 0 aliphatic heterocycles. The zero-order chi connectivity index (χ0) is 12.3. The van der Waals surface area contributed by atoms with Gasteiger partial charge in [-0.25, -0.2) is 4.98 Å². The minimum absolute atomic E-state index is 0.190. The van der Waals surface area contributed by atoms with Gasteiger partial charge in [-0.2, -0.15) is 0 Å². The fourth-order valence-corrected chi connectivity index (χ4v) is 2.00. The van der Waals surface area contributed by atoms with Crippen LogP contribution in [0.15, 0.2) is 47.1 Å². The topological polar surface area (TPSA) is 24.9 Å². The Kier molecular flexibility index (Phi) is 3.79. The minimum atomic E-state index is 0.190. The van der Waals surface area contributed by atoms with E-state index in [1.165, 1.54) is 5.56 Å². The Balaban J connectivity index is 2.11. The number of halogens is 1. The number of anilines is 1. The van der Waals surface area contributed by atoms with E-state index in [0.717, 1.165) is 16.0 Å². The van der Waals surface area contributed by atoms with Crippen LogP contribution in [0.3, 0.4) is 0 Å². The first-order chi connectivity index (χ1) is 8.15. The normalized spacial score (nSPS) is 12.2. The average Bonchev–Trinajstić information content (AvgIpc) is 2.32. The molecule has 0 unspecified atom stereocenters. The van der Waals surface area contributed by atoms with Gasteiger partial charge in [0, 0.05) is 5.69 Å². The van der Waals surface area contributed by atoms with Gasteiger partial charge in [-0.1, -0.05) is 23.8 Å². The standard InChI is InChI=1S/C14H15BrN2/c1-10-6-8-12(9-7-10)16-11(2)13-4-3-5-14(15)17-13/h3-9,11,16H,1-2H3/t11-/m0/s1. The molecule has 3 heteroatoms. The highest BCUT2D eigenvalue weighted by molar-refractivity contribution is 9.10. The molecule has 1 N–H and O–H groups in total. The Morgan fingerprint density at radius 1 is 1.12 bits per heavy atom. The summed E-state index contributed by atoms with van der Waals surface area (Å²) < 4.78 is 0.868. The number of aromatic nitrogens is 1. The average molecular weight is 291 g/mol. The molecular weight excluding hydrogens is 276 g/mol. The molecule has 1 aromatic carbocycles. The fourth-order valence-electron chi connectivity index (χ4n) is 1.64. The summed E-state index contributed by atoms with van der Waals surface area (Å²) in [5.74, 6) is 0. The number of hydrogen-bond donors (Lipinski definition) is 1. The second kappa shape index (κ2) is 5.32. The third-order valence-electron chi connectivity index (χ3n) is 2.62. The smallest absolute Gasteiger partial charge is 0.106 e. The Morgan fingerprint density at radius 2 is 1.82 bits per heavy atom. The first-order valence-electron chi connectivity index (χ1n) is 5.61. The molecule has 0 amide bonds. The van der Waals surface area contributed by atoms with Crippen LogP contribution in [0.1, 0.15) is 24.2 Å². The van der Waals surface area contributed by atoms with Gasteiger partial charge in [-0.05, 0) is 54.0 Å². The van der Waals surface area contributed by atoms with Gasteiger partial charge in [-0.3, -0.25) is 0 Å². The maximum Gasteiger partial charge on any atom is 0.106 e. The SMILES string of the molecule is Cc1ccc(N[C@@H](C)c2cccc(Br)n2)cc1. The van der Waals surface area contributed by atoms with E-state index in [2.05, 4.69) is 64.3 Å². The van der Waals surface area contributed by atoms with E-state index >= 15 is 0 Å². The molecule has 0 saturated carbocycles. The number of hydrogen-bond acceptors (Lipinski definition) is 2. The number of nitrogens with zero attached hydrogens (tertiary/aromatic N) is 1. The Labute approximate surface area is 110 Å². The van der Waals surface area contributed by atoms with Crippen molar-refractivity contribution in [1.82, 2.24) is 4.98 Å². The third kappa shape index (κ3) is 3.30. The van der Waals surface area contributed by atoms with Gasteiger partial charge in [0.2, 0.25) is 0 Å². The van der Waals surface area contributed by atoms with E-state index in [-0.39, 0.29) is 6.04 Å². The molecule has 88 valence electrons. The van der Waals surface area contributed by atoms with Gasteiger partial charge in [0.25, 0.3) is 0 Å². The summed E-state index contributed by atoms with van der Waals surface area (Å²) in [6.07, 6.45) is 0. The van der Waals surface area contributed by atoms with Crippen LogP contribution in [0, 0.1) is 6.92 Å². The molecule has 0 aliphatic carbocycles. The second-order valence-electron chi connectivity index (χ2n) is 4.12. The quantitative estimate of drug-likeness (QED) is 0.852. The largest absolute Gasteiger partial charge is 0.377 e. The molecule has 0 saturated heterocycles. The van der Waals surface area contributed by atoms with Gasteiger partial charge in [0.1, 0.15) is 4.60 Å². The number of nitrogens with one attached hydrogen (secondary N) is 1. The first kappa shape index (κ1) is 12.1. The summed E-state index contributed by atoms with van der Waals surface area (Å²) in [6.45, 7) is 4.19. The maximum absolute atomic E-state index is 4.44. The lowest BCUT2D eigenvalue weighted by molar-refractivity contribution is 0.835. The summed E-state index contributed by atoms with van der Waals surface area (Å²) in [4.78, 5) is 4.44. The van der Waals surface area contributed by atoms with Crippen molar-refractivity contribution in [3.63, 3.8) is 0 Å². The molecule has 1 aromatic heterocycles. The van der Waals surface area contributed by atoms with Crippen LogP contribution >= 0.6 is 15.9 Å². The highest BCUT2D eigenvalue weighted by atomic mass is 79.9. The summed E-state index contributed by atoms with van der Waals surface area (Å²) in [7, 11) is 0. The number of aryl methyl sites for hydroxylation is 1. The molecule has 0 spiro atoms. The molecule has 2 nitrogen and oxygen atoms in total. The van der Waals surface area contributed by atoms with Crippen molar-refractivity contribution in [2.24, 2.45) is 0 Å². The Hall–Kier alpha value is -1.35. The fraction of sp³-hybridized carbons (Fsp3) is 0.214. The van der Waals surface area contributed by atoms with Crippen molar-refractivity contribution in [1.29, 1.82) is 0 Å². The zero-order valence-corrected chi connectivity index (χ0v) is 11.5. The van der Waals surface area contributed by atoms with E-state index in [0.29, 0.717) is 0 Å². The highest BCUT2D eigenvalue weighted by Crippen LogP contribution is 2.19. The molecule has 2 aromatic rings. The lowest BCUT2D eigenvalue weighted by Crippen LogP contribution is -2.08. The molecule has 0 radical (unpaired) electrons. The van der Waals surface area contributed by atoms with E-state index in [9.17, 15) is 0 Å². The Morgan fingerprint density at radius 3 is 2.47 bits per heavy atom. The zero-order valence-electron chi connectivity index (χ0n) is 9.94. The van der Waals surface area contributed by atoms with Crippen molar-refractivity contribution in [2.45, 2.75) is 19.9 Å². The van der Waals surface area contributed by atoms with Crippen molar-refractivity contribution < 1.29 is 0 Å². The number of pyridine rings is 1.